The van der Waals surface area contributed by atoms with E-state index < -0.39 is 0 Å². The maximum Gasteiger partial charge on any atom is 0.164 e. The average Bonchev–Trinajstić information content (AvgIpc) is 3.81. The lowest BCUT2D eigenvalue weighted by molar-refractivity contribution is -0.681. The number of hydrogen-bond acceptors (Lipinski definition) is 1. The Kier molecular flexibility index (Phi) is 7.28. The van der Waals surface area contributed by atoms with Crippen LogP contribution in [-0.2, 0) is 0 Å². The summed E-state index contributed by atoms with van der Waals surface area (Å²) in [6, 6.07) is 75.8. The first-order chi connectivity index (χ1) is 28.3. The molecular formula is C54H35N2S+. The predicted octanol–water partition coefficient (Wildman–Crippen LogP) is 14.1. The number of fused-ring (bicyclic) bond motifs is 9. The molecule has 2 aliphatic heterocycles. The highest BCUT2D eigenvalue weighted by atomic mass is 32.2. The van der Waals surface area contributed by atoms with Crippen LogP contribution < -0.4 is 4.90 Å². The Balaban J connectivity index is 0.977. The van der Waals surface area contributed by atoms with Crippen LogP contribution in [0.2, 0.25) is 0 Å². The van der Waals surface area contributed by atoms with Gasteiger partial charge in [-0.3, -0.25) is 0 Å². The fourth-order valence-corrected chi connectivity index (χ4v) is 10.4. The monoisotopic (exact) mass is 743 g/mol. The highest BCUT2D eigenvalue weighted by Crippen LogP contribution is 2.54. The molecule has 0 saturated heterocycles. The van der Waals surface area contributed by atoms with Crippen molar-refractivity contribution in [3.8, 4) is 61.3 Å². The first-order valence-electron chi connectivity index (χ1n) is 19.6. The summed E-state index contributed by atoms with van der Waals surface area (Å²) in [5.41, 5.74) is 20.0. The molecule has 1 unspecified atom stereocenters. The molecule has 0 saturated carbocycles. The van der Waals surface area contributed by atoms with Crippen LogP contribution in [0.5, 0.6) is 0 Å². The zero-order chi connectivity index (χ0) is 37.5. The van der Waals surface area contributed by atoms with Crippen LogP contribution >= 0.6 is 11.8 Å². The lowest BCUT2D eigenvalue weighted by Crippen LogP contribution is -2.96. The topological polar surface area (TPSA) is 9.37 Å². The van der Waals surface area contributed by atoms with Crippen molar-refractivity contribution in [2.45, 2.75) is 9.79 Å². The van der Waals surface area contributed by atoms with Gasteiger partial charge in [0.1, 0.15) is 5.69 Å². The fraction of sp³-hybridized carbons (Fsp3) is 0. The molecule has 2 nitrogen and oxygen atoms in total. The second-order valence-electron chi connectivity index (χ2n) is 15.0. The van der Waals surface area contributed by atoms with E-state index in [-0.39, 0.29) is 0 Å². The smallest absolute Gasteiger partial charge is 0.164 e. The molecule has 0 spiro atoms. The minimum absolute atomic E-state index is 1.16. The number of aromatic nitrogens is 1. The Morgan fingerprint density at radius 2 is 0.895 bits per heavy atom. The van der Waals surface area contributed by atoms with Crippen LogP contribution in [0.15, 0.2) is 216 Å². The van der Waals surface area contributed by atoms with Gasteiger partial charge in [0.15, 0.2) is 11.4 Å². The van der Waals surface area contributed by atoms with Crippen molar-refractivity contribution in [2.75, 3.05) is 0 Å². The number of rotatable bonds is 5. The molecule has 1 N–H and O–H groups in total. The van der Waals surface area contributed by atoms with Crippen LogP contribution in [0.25, 0.3) is 83.1 Å². The van der Waals surface area contributed by atoms with Crippen molar-refractivity contribution in [3.63, 3.8) is 0 Å². The number of nitrogens with one attached hydrogen (secondary N) is 1. The van der Waals surface area contributed by atoms with Crippen molar-refractivity contribution in [1.29, 1.82) is 0 Å². The van der Waals surface area contributed by atoms with E-state index in [0.717, 1.165) is 5.69 Å². The third kappa shape index (κ3) is 5.10. The van der Waals surface area contributed by atoms with Gasteiger partial charge in [-0.2, -0.15) is 0 Å². The van der Waals surface area contributed by atoms with Gasteiger partial charge >= 0.3 is 0 Å². The van der Waals surface area contributed by atoms with Gasteiger partial charge in [-0.1, -0.05) is 151 Å². The third-order valence-corrected chi connectivity index (χ3v) is 12.9. The number of quaternary nitrogens is 1. The third-order valence-electron chi connectivity index (χ3n) is 11.8. The predicted molar refractivity (Wildman–Crippen MR) is 238 cm³/mol. The highest BCUT2D eigenvalue weighted by molar-refractivity contribution is 7.99. The number of benzene rings is 9. The lowest BCUT2D eigenvalue weighted by Gasteiger charge is -2.24. The van der Waals surface area contributed by atoms with E-state index in [0.29, 0.717) is 0 Å². The van der Waals surface area contributed by atoms with E-state index in [9.17, 15) is 0 Å². The van der Waals surface area contributed by atoms with E-state index in [4.69, 9.17) is 0 Å². The summed E-state index contributed by atoms with van der Waals surface area (Å²) in [6.07, 6.45) is 0. The Morgan fingerprint density at radius 3 is 1.60 bits per heavy atom. The number of para-hydroxylation sites is 3. The molecule has 0 fully saturated rings. The Labute approximate surface area is 335 Å². The van der Waals surface area contributed by atoms with E-state index in [1.165, 1.54) is 109 Å². The van der Waals surface area contributed by atoms with Crippen LogP contribution in [0.4, 0.5) is 17.1 Å². The Bertz CT molecular complexity index is 3230. The maximum absolute atomic E-state index is 2.49. The van der Waals surface area contributed by atoms with Crippen LogP contribution in [-0.4, -0.2) is 4.57 Å². The highest BCUT2D eigenvalue weighted by Gasteiger charge is 2.42. The molecule has 0 amide bonds. The zero-order valence-electron chi connectivity index (χ0n) is 31.0. The van der Waals surface area contributed by atoms with Crippen molar-refractivity contribution < 1.29 is 4.90 Å². The van der Waals surface area contributed by atoms with Crippen molar-refractivity contribution >= 4 is 50.6 Å². The molecule has 1 atom stereocenters. The van der Waals surface area contributed by atoms with Crippen molar-refractivity contribution in [1.82, 2.24) is 4.57 Å². The molecule has 0 bridgehead atoms. The van der Waals surface area contributed by atoms with Gasteiger partial charge in [-0.05, 0) is 99.1 Å². The van der Waals surface area contributed by atoms with E-state index in [1.54, 1.807) is 0 Å². The summed E-state index contributed by atoms with van der Waals surface area (Å²) >= 11 is 1.90. The molecule has 0 aliphatic carbocycles. The molecule has 12 rings (SSSR count). The second kappa shape index (κ2) is 12.8. The molecule has 0 radical (unpaired) electrons. The van der Waals surface area contributed by atoms with Gasteiger partial charge in [0.05, 0.1) is 32.0 Å². The van der Waals surface area contributed by atoms with Gasteiger partial charge in [-0.15, -0.1) is 0 Å². The van der Waals surface area contributed by atoms with Gasteiger partial charge in [-0.25, -0.2) is 4.90 Å². The molecule has 9 aromatic carbocycles. The van der Waals surface area contributed by atoms with Crippen LogP contribution in [0.3, 0.4) is 0 Å². The molecule has 57 heavy (non-hydrogen) atoms. The second-order valence-corrected chi connectivity index (χ2v) is 16.1. The average molecular weight is 744 g/mol. The SMILES string of the molecule is c1ccc(-c2cccc(-c3cccc(-c4cccc(-c5cccc(-n6c7ccccc7c7c8c9c(cc76)Sc6ccccc6[NH+]9c6ccccc6-8)c5)c4)c3)c2)cc1. The molecule has 3 heterocycles. The Hall–Kier alpha value is -6.91. The molecule has 1 aromatic heterocycles. The standard InChI is InChI=1S/C54H34N2S/c1-2-14-35(15-3-1)36-16-10-17-37(30-36)38-18-11-19-39(31-38)40-20-12-21-41(32-40)42-22-13-23-43(33-42)55-46-26-6-4-24-44(46)52-49(55)34-51-54-53(52)45-25-5-7-27-47(45)56(54)48-28-8-9-29-50(48)57-51/h1-34H/p+1. The minimum Gasteiger partial charge on any atom is -0.309 e. The summed E-state index contributed by atoms with van der Waals surface area (Å²) < 4.78 is 2.49. The summed E-state index contributed by atoms with van der Waals surface area (Å²) in [5.74, 6) is 0. The molecule has 2 aliphatic rings. The summed E-state index contributed by atoms with van der Waals surface area (Å²) in [6.45, 7) is 0. The lowest BCUT2D eigenvalue weighted by atomic mass is 9.95. The zero-order valence-corrected chi connectivity index (χ0v) is 31.8. The molecular weight excluding hydrogens is 709 g/mol. The van der Waals surface area contributed by atoms with Gasteiger partial charge < -0.3 is 4.57 Å². The fourth-order valence-electron chi connectivity index (χ4n) is 9.28. The number of hydrogen-bond donors (Lipinski definition) is 1. The molecule has 3 heteroatoms. The van der Waals surface area contributed by atoms with Crippen LogP contribution in [0.1, 0.15) is 0 Å². The summed E-state index contributed by atoms with van der Waals surface area (Å²) in [4.78, 5) is 4.01. The van der Waals surface area contributed by atoms with Gasteiger partial charge in [0, 0.05) is 28.6 Å². The van der Waals surface area contributed by atoms with E-state index in [2.05, 4.69) is 211 Å². The summed E-state index contributed by atoms with van der Waals surface area (Å²) in [5, 5.41) is 2.61. The first kappa shape index (κ1) is 32.3. The molecule has 266 valence electrons. The number of nitrogens with zero attached hydrogens (tertiary/aromatic N) is 1. The van der Waals surface area contributed by atoms with Crippen molar-refractivity contribution in [2.24, 2.45) is 0 Å². The van der Waals surface area contributed by atoms with Gasteiger partial charge in [0.2, 0.25) is 0 Å². The molecule has 10 aromatic rings. The van der Waals surface area contributed by atoms with E-state index in [1.807, 2.05) is 11.8 Å². The minimum atomic E-state index is 1.16. The van der Waals surface area contributed by atoms with E-state index >= 15 is 0 Å². The largest absolute Gasteiger partial charge is 0.309 e. The summed E-state index contributed by atoms with van der Waals surface area (Å²) in [7, 11) is 0. The Morgan fingerprint density at radius 1 is 0.368 bits per heavy atom. The van der Waals surface area contributed by atoms with Crippen molar-refractivity contribution in [3.05, 3.63) is 206 Å². The maximum atomic E-state index is 2.49. The van der Waals surface area contributed by atoms with Gasteiger partial charge in [0.25, 0.3) is 0 Å². The van der Waals surface area contributed by atoms with Crippen LogP contribution in [0, 0.1) is 0 Å². The first-order valence-corrected chi connectivity index (χ1v) is 20.4. The normalized spacial score (nSPS) is 13.7. The quantitative estimate of drug-likeness (QED) is 0.185.